The van der Waals surface area contributed by atoms with Crippen molar-refractivity contribution < 1.29 is 4.74 Å². The van der Waals surface area contributed by atoms with Crippen molar-refractivity contribution in [1.82, 2.24) is 4.57 Å². The second-order valence-electron chi connectivity index (χ2n) is 8.59. The number of nitrogens with zero attached hydrogens (tertiary/aromatic N) is 2. The Bertz CT molecular complexity index is 1400. The first-order chi connectivity index (χ1) is 17.3. The van der Waals surface area contributed by atoms with Crippen LogP contribution in [0.2, 0.25) is 10.0 Å². The van der Waals surface area contributed by atoms with Gasteiger partial charge in [0.1, 0.15) is 11.8 Å². The molecule has 0 aliphatic carbocycles. The van der Waals surface area contributed by atoms with Gasteiger partial charge in [-0.1, -0.05) is 70.8 Å². The third-order valence-electron chi connectivity index (χ3n) is 5.51. The first-order valence-corrected chi connectivity index (χ1v) is 12.2. The highest BCUT2D eigenvalue weighted by atomic mass is 35.5. The Labute approximate surface area is 219 Å². The molecule has 0 saturated carbocycles. The maximum absolute atomic E-state index is 13.1. The van der Waals surface area contributed by atoms with Crippen LogP contribution in [0.5, 0.6) is 5.75 Å². The van der Waals surface area contributed by atoms with Crippen molar-refractivity contribution in [2.24, 2.45) is 5.18 Å². The molecule has 1 heterocycles. The average Bonchev–Trinajstić information content (AvgIpc) is 2.85. The molecule has 0 aliphatic rings. The van der Waals surface area contributed by atoms with E-state index in [9.17, 15) is 9.70 Å². The first-order valence-electron chi connectivity index (χ1n) is 11.4. The summed E-state index contributed by atoms with van der Waals surface area (Å²) in [6.45, 7) is 4.19. The topological polar surface area (TPSA) is 72.7 Å². The summed E-state index contributed by atoms with van der Waals surface area (Å²) in [6, 6.07) is 22.4. The lowest BCUT2D eigenvalue weighted by molar-refractivity contribution is 0.242. The summed E-state index contributed by atoms with van der Waals surface area (Å²) in [5.74, 6) is 0.560. The van der Waals surface area contributed by atoms with Gasteiger partial charge in [-0.25, -0.2) is 0 Å². The number of anilines is 2. The molecule has 0 aliphatic heterocycles. The fourth-order valence-corrected chi connectivity index (χ4v) is 4.20. The summed E-state index contributed by atoms with van der Waals surface area (Å²) in [4.78, 5) is 25.2. The third kappa shape index (κ3) is 6.14. The van der Waals surface area contributed by atoms with E-state index in [0.717, 1.165) is 5.56 Å². The van der Waals surface area contributed by atoms with Crippen molar-refractivity contribution >= 4 is 34.6 Å². The van der Waals surface area contributed by atoms with Crippen molar-refractivity contribution in [3.63, 3.8) is 0 Å². The van der Waals surface area contributed by atoms with Gasteiger partial charge in [0, 0.05) is 28.5 Å². The Morgan fingerprint density at radius 1 is 0.972 bits per heavy atom. The van der Waals surface area contributed by atoms with E-state index in [1.807, 2.05) is 44.2 Å². The summed E-state index contributed by atoms with van der Waals surface area (Å²) in [5, 5.41) is 7.63. The Balaban J connectivity index is 1.77. The standard InChI is InChI=1S/C28H25Cl2N3O3/c1-18(2)36-26-13-12-22(14-24(26)30)31-25-15-27(34)33(16-19-6-4-3-5-7-19)17-23(25)28(32-35)20-8-10-21(29)11-9-20/h3-15,17-18,28,31H,16H2,1-2H3. The molecule has 1 N–H and O–H groups in total. The highest BCUT2D eigenvalue weighted by molar-refractivity contribution is 6.32. The minimum absolute atomic E-state index is 0.0242. The van der Waals surface area contributed by atoms with Gasteiger partial charge in [0.05, 0.1) is 23.4 Å². The Kier molecular flexibility index (Phi) is 8.08. The maximum atomic E-state index is 13.1. The minimum Gasteiger partial charge on any atom is -0.489 e. The molecule has 0 bridgehead atoms. The number of nitroso groups, excluding NO2 is 1. The molecule has 0 saturated heterocycles. The lowest BCUT2D eigenvalue weighted by Crippen LogP contribution is -2.22. The molecule has 6 nitrogen and oxygen atoms in total. The molecule has 0 radical (unpaired) electrons. The second kappa shape index (κ2) is 11.4. The SMILES string of the molecule is CC(C)Oc1ccc(Nc2cc(=O)n(Cc3ccccc3)cc2C(N=O)c2ccc(Cl)cc2)cc1Cl. The molecule has 1 unspecified atom stereocenters. The zero-order valence-corrected chi connectivity index (χ0v) is 21.3. The van der Waals surface area contributed by atoms with E-state index in [0.29, 0.717) is 44.8 Å². The normalized spacial score (nSPS) is 11.8. The highest BCUT2D eigenvalue weighted by Gasteiger charge is 2.21. The number of nitrogens with one attached hydrogen (secondary N) is 1. The van der Waals surface area contributed by atoms with Gasteiger partial charge in [-0.15, -0.1) is 4.91 Å². The van der Waals surface area contributed by atoms with Crippen molar-refractivity contribution in [1.29, 1.82) is 0 Å². The van der Waals surface area contributed by atoms with E-state index in [2.05, 4.69) is 10.5 Å². The van der Waals surface area contributed by atoms with Gasteiger partial charge in [-0.05, 0) is 55.3 Å². The van der Waals surface area contributed by atoms with Crippen LogP contribution in [0.3, 0.4) is 0 Å². The third-order valence-corrected chi connectivity index (χ3v) is 6.06. The molecule has 0 spiro atoms. The number of aromatic nitrogens is 1. The highest BCUT2D eigenvalue weighted by Crippen LogP contribution is 2.35. The Morgan fingerprint density at radius 3 is 2.33 bits per heavy atom. The van der Waals surface area contributed by atoms with E-state index in [-0.39, 0.29) is 11.7 Å². The molecular weight excluding hydrogens is 497 g/mol. The van der Waals surface area contributed by atoms with Gasteiger partial charge in [0.15, 0.2) is 0 Å². The molecule has 4 aromatic rings. The number of pyridine rings is 1. The van der Waals surface area contributed by atoms with Crippen LogP contribution in [0.4, 0.5) is 11.4 Å². The van der Waals surface area contributed by atoms with Crippen molar-refractivity contribution in [2.45, 2.75) is 32.5 Å². The number of hydrogen-bond acceptors (Lipinski definition) is 5. The molecule has 0 fully saturated rings. The van der Waals surface area contributed by atoms with Gasteiger partial charge in [0.25, 0.3) is 5.56 Å². The van der Waals surface area contributed by atoms with E-state index in [1.165, 1.54) is 6.07 Å². The van der Waals surface area contributed by atoms with Gasteiger partial charge in [0.2, 0.25) is 0 Å². The zero-order chi connectivity index (χ0) is 25.7. The quantitative estimate of drug-likeness (QED) is 0.230. The average molecular weight is 522 g/mol. The fourth-order valence-electron chi connectivity index (χ4n) is 3.85. The molecule has 3 aromatic carbocycles. The zero-order valence-electron chi connectivity index (χ0n) is 19.8. The number of benzene rings is 3. The summed E-state index contributed by atoms with van der Waals surface area (Å²) in [6.07, 6.45) is 1.65. The lowest BCUT2D eigenvalue weighted by atomic mass is 9.99. The van der Waals surface area contributed by atoms with Gasteiger partial charge in [-0.2, -0.15) is 0 Å². The van der Waals surface area contributed by atoms with E-state index < -0.39 is 6.04 Å². The maximum Gasteiger partial charge on any atom is 0.252 e. The minimum atomic E-state index is -0.869. The monoisotopic (exact) mass is 521 g/mol. The largest absolute Gasteiger partial charge is 0.489 e. The van der Waals surface area contributed by atoms with Crippen LogP contribution < -0.4 is 15.6 Å². The van der Waals surface area contributed by atoms with Crippen LogP contribution in [0, 0.1) is 4.91 Å². The van der Waals surface area contributed by atoms with Crippen molar-refractivity contribution in [2.75, 3.05) is 5.32 Å². The van der Waals surface area contributed by atoms with E-state index >= 15 is 0 Å². The van der Waals surface area contributed by atoms with Crippen molar-refractivity contribution in [3.8, 4) is 5.75 Å². The molecule has 1 aromatic heterocycles. The molecule has 1 atom stereocenters. The summed E-state index contributed by atoms with van der Waals surface area (Å²) in [5.41, 5.74) is 3.02. The van der Waals surface area contributed by atoms with Crippen molar-refractivity contribution in [3.05, 3.63) is 127 Å². The molecule has 4 rings (SSSR count). The predicted octanol–water partition coefficient (Wildman–Crippen LogP) is 7.59. The number of halogens is 2. The van der Waals surface area contributed by atoms with Crippen LogP contribution in [0.1, 0.15) is 36.6 Å². The Hall–Kier alpha value is -3.61. The second-order valence-corrected chi connectivity index (χ2v) is 9.43. The van der Waals surface area contributed by atoms with Crippen LogP contribution >= 0.6 is 23.2 Å². The fraction of sp³-hybridized carbons (Fsp3) is 0.179. The van der Waals surface area contributed by atoms with Gasteiger partial charge < -0.3 is 14.6 Å². The molecule has 184 valence electrons. The van der Waals surface area contributed by atoms with Crippen LogP contribution in [-0.2, 0) is 6.54 Å². The van der Waals surface area contributed by atoms with Gasteiger partial charge >= 0.3 is 0 Å². The number of hydrogen-bond donors (Lipinski definition) is 1. The van der Waals surface area contributed by atoms with Crippen LogP contribution in [0.25, 0.3) is 0 Å². The molecule has 0 amide bonds. The summed E-state index contributed by atoms with van der Waals surface area (Å²) < 4.78 is 7.27. The van der Waals surface area contributed by atoms with E-state index in [4.69, 9.17) is 27.9 Å². The van der Waals surface area contributed by atoms with Crippen LogP contribution in [-0.4, -0.2) is 10.7 Å². The predicted molar refractivity (Wildman–Crippen MR) is 146 cm³/mol. The first kappa shape index (κ1) is 25.5. The van der Waals surface area contributed by atoms with Gasteiger partial charge in [-0.3, -0.25) is 4.79 Å². The van der Waals surface area contributed by atoms with E-state index in [1.54, 1.807) is 53.2 Å². The molecule has 36 heavy (non-hydrogen) atoms. The lowest BCUT2D eigenvalue weighted by Gasteiger charge is -2.19. The number of rotatable bonds is 9. The molecule has 8 heteroatoms. The summed E-state index contributed by atoms with van der Waals surface area (Å²) >= 11 is 12.5. The smallest absolute Gasteiger partial charge is 0.252 e. The number of ether oxygens (including phenoxy) is 1. The van der Waals surface area contributed by atoms with Crippen LogP contribution in [0.15, 0.2) is 95.0 Å². The summed E-state index contributed by atoms with van der Waals surface area (Å²) in [7, 11) is 0. The Morgan fingerprint density at radius 2 is 1.69 bits per heavy atom. The molecular formula is C28H25Cl2N3O3.